The molecular weight excluding hydrogens is 480 g/mol. The smallest absolute Gasteiger partial charge is 0.304 e. The number of nitrogens with one attached hydrogen (secondary N) is 1. The molecule has 0 aliphatic heterocycles. The maximum absolute atomic E-state index is 12.4. The van der Waals surface area contributed by atoms with Crippen molar-refractivity contribution in [3.05, 3.63) is 47.5 Å². The number of carboxylic acids is 1. The zero-order chi connectivity index (χ0) is 26.9. The molecule has 5 rings (SSSR count). The highest BCUT2D eigenvalue weighted by Crippen LogP contribution is 2.65. The SMILES string of the molecule is CC12CCC(=NOCC(=O)NCC(CC(=O)O)c3ccccc3)C=C1CCC1C2CCC2(C)C(O)CCC12. The van der Waals surface area contributed by atoms with Gasteiger partial charge in [-0.1, -0.05) is 54.9 Å². The molecule has 1 aromatic rings. The van der Waals surface area contributed by atoms with E-state index in [0.29, 0.717) is 17.8 Å². The summed E-state index contributed by atoms with van der Waals surface area (Å²) >= 11 is 0. The normalized spacial score (nSPS) is 35.9. The van der Waals surface area contributed by atoms with Crippen molar-refractivity contribution < 1.29 is 24.6 Å². The lowest BCUT2D eigenvalue weighted by atomic mass is 9.47. The first-order valence-corrected chi connectivity index (χ1v) is 14.3. The lowest BCUT2D eigenvalue weighted by Crippen LogP contribution is -2.51. The highest BCUT2D eigenvalue weighted by Gasteiger charge is 2.58. The number of hydrogen-bond donors (Lipinski definition) is 3. The van der Waals surface area contributed by atoms with Crippen LogP contribution in [0.3, 0.4) is 0 Å². The van der Waals surface area contributed by atoms with Crippen LogP contribution in [0.1, 0.15) is 83.1 Å². The molecule has 1 aromatic carbocycles. The summed E-state index contributed by atoms with van der Waals surface area (Å²) < 4.78 is 0. The van der Waals surface area contributed by atoms with Crippen molar-refractivity contribution in [3.63, 3.8) is 0 Å². The van der Waals surface area contributed by atoms with Gasteiger partial charge in [0.15, 0.2) is 6.61 Å². The fourth-order valence-electron chi connectivity index (χ4n) is 8.32. The van der Waals surface area contributed by atoms with Crippen molar-refractivity contribution in [2.24, 2.45) is 33.7 Å². The van der Waals surface area contributed by atoms with E-state index in [0.717, 1.165) is 43.4 Å². The third kappa shape index (κ3) is 5.14. The largest absolute Gasteiger partial charge is 0.481 e. The molecule has 38 heavy (non-hydrogen) atoms. The number of fused-ring (bicyclic) bond motifs is 5. The predicted octanol–water partition coefficient (Wildman–Crippen LogP) is 5.06. The third-order valence-corrected chi connectivity index (χ3v) is 10.5. The van der Waals surface area contributed by atoms with Crippen LogP contribution in [0.2, 0.25) is 0 Å². The van der Waals surface area contributed by atoms with Gasteiger partial charge in [0, 0.05) is 12.5 Å². The van der Waals surface area contributed by atoms with Gasteiger partial charge in [-0.15, -0.1) is 0 Å². The average Bonchev–Trinajstić information content (AvgIpc) is 3.21. The first-order chi connectivity index (χ1) is 18.2. The predicted molar refractivity (Wildman–Crippen MR) is 146 cm³/mol. The standard InChI is InChI=1S/C31H42N2O5/c1-30-14-12-23(17-22(30)8-9-24-25-10-11-27(34)31(25,2)15-13-26(24)30)33-38-19-28(35)32-18-21(16-29(36)37)20-6-4-3-5-7-20/h3-7,17,21,24-27,34H,8-16,18-19H2,1-2H3,(H,32,35)(H,36,37). The Hall–Kier alpha value is -2.67. The Bertz CT molecular complexity index is 1100. The fraction of sp³-hybridized carbons (Fsp3) is 0.645. The molecule has 0 spiro atoms. The van der Waals surface area contributed by atoms with Crippen LogP contribution < -0.4 is 5.32 Å². The maximum Gasteiger partial charge on any atom is 0.304 e. The lowest BCUT2D eigenvalue weighted by Gasteiger charge is -2.57. The summed E-state index contributed by atoms with van der Waals surface area (Å²) in [6.45, 7) is 4.81. The van der Waals surface area contributed by atoms with Crippen LogP contribution >= 0.6 is 0 Å². The zero-order valence-corrected chi connectivity index (χ0v) is 22.7. The van der Waals surface area contributed by atoms with Crippen LogP contribution in [-0.4, -0.2) is 47.1 Å². The van der Waals surface area contributed by atoms with E-state index in [4.69, 9.17) is 4.84 Å². The molecule has 1 amide bonds. The number of nitrogens with zero attached hydrogens (tertiary/aromatic N) is 1. The molecule has 7 atom stereocenters. The number of aliphatic carboxylic acids is 1. The van der Waals surface area contributed by atoms with E-state index in [1.807, 2.05) is 30.3 Å². The van der Waals surface area contributed by atoms with Crippen molar-refractivity contribution >= 4 is 17.6 Å². The van der Waals surface area contributed by atoms with Gasteiger partial charge >= 0.3 is 5.97 Å². The summed E-state index contributed by atoms with van der Waals surface area (Å²) in [5.41, 5.74) is 3.54. The number of carbonyl (C=O) groups is 2. The topological polar surface area (TPSA) is 108 Å². The second-order valence-corrected chi connectivity index (χ2v) is 12.5. The molecule has 7 unspecified atom stereocenters. The van der Waals surface area contributed by atoms with Crippen molar-refractivity contribution in [2.75, 3.05) is 13.2 Å². The monoisotopic (exact) mass is 522 g/mol. The maximum atomic E-state index is 12.4. The Morgan fingerprint density at radius 3 is 2.63 bits per heavy atom. The average molecular weight is 523 g/mol. The van der Waals surface area contributed by atoms with Crippen LogP contribution in [-0.2, 0) is 14.4 Å². The second-order valence-electron chi connectivity index (χ2n) is 12.5. The number of allylic oxidation sites excluding steroid dienone is 2. The first kappa shape index (κ1) is 26.9. The molecule has 0 aromatic heterocycles. The quantitative estimate of drug-likeness (QED) is 0.414. The van der Waals surface area contributed by atoms with Gasteiger partial charge in [0.1, 0.15) is 0 Å². The molecule has 4 aliphatic rings. The van der Waals surface area contributed by atoms with Gasteiger partial charge in [0.2, 0.25) is 0 Å². The number of carbonyl (C=O) groups excluding carboxylic acids is 1. The number of aliphatic hydroxyl groups is 1. The van der Waals surface area contributed by atoms with Gasteiger partial charge in [0.05, 0.1) is 18.2 Å². The number of amides is 1. The van der Waals surface area contributed by atoms with Crippen LogP contribution in [0.25, 0.3) is 0 Å². The number of hydrogen-bond acceptors (Lipinski definition) is 5. The molecule has 3 saturated carbocycles. The Labute approximate surface area is 225 Å². The third-order valence-electron chi connectivity index (χ3n) is 10.5. The highest BCUT2D eigenvalue weighted by molar-refractivity contribution is 5.96. The van der Waals surface area contributed by atoms with E-state index in [9.17, 15) is 19.8 Å². The second kappa shape index (κ2) is 10.8. The summed E-state index contributed by atoms with van der Waals surface area (Å²) in [6, 6.07) is 9.37. The van der Waals surface area contributed by atoms with E-state index in [2.05, 4.69) is 30.4 Å². The van der Waals surface area contributed by atoms with Gasteiger partial charge in [-0.3, -0.25) is 9.59 Å². The summed E-state index contributed by atoms with van der Waals surface area (Å²) in [4.78, 5) is 29.1. The van der Waals surface area contributed by atoms with Crippen LogP contribution in [0.15, 0.2) is 47.1 Å². The van der Waals surface area contributed by atoms with Crippen LogP contribution in [0, 0.1) is 28.6 Å². The molecule has 0 bridgehead atoms. The summed E-state index contributed by atoms with van der Waals surface area (Å²) in [5.74, 6) is 0.506. The molecule has 7 nitrogen and oxygen atoms in total. The number of rotatable bonds is 8. The van der Waals surface area contributed by atoms with E-state index >= 15 is 0 Å². The molecule has 206 valence electrons. The van der Waals surface area contributed by atoms with Crippen molar-refractivity contribution in [3.8, 4) is 0 Å². The molecule has 0 heterocycles. The van der Waals surface area contributed by atoms with E-state index in [-0.39, 0.29) is 48.3 Å². The number of oxime groups is 1. The molecule has 3 N–H and O–H groups in total. The zero-order valence-electron chi connectivity index (χ0n) is 22.7. The number of aliphatic hydroxyl groups excluding tert-OH is 1. The van der Waals surface area contributed by atoms with E-state index < -0.39 is 5.97 Å². The Balaban J connectivity index is 1.16. The molecule has 4 aliphatic carbocycles. The van der Waals surface area contributed by atoms with Crippen LogP contribution in [0.5, 0.6) is 0 Å². The van der Waals surface area contributed by atoms with Gasteiger partial charge in [-0.05, 0) is 91.6 Å². The Kier molecular flexibility index (Phi) is 7.67. The van der Waals surface area contributed by atoms with Crippen molar-refractivity contribution in [1.29, 1.82) is 0 Å². The summed E-state index contributed by atoms with van der Waals surface area (Å²) in [5, 5.41) is 27.0. The molecule has 0 radical (unpaired) electrons. The number of carboxylic acid groups (broad SMARTS) is 1. The van der Waals surface area contributed by atoms with Gasteiger partial charge in [-0.2, -0.15) is 0 Å². The minimum Gasteiger partial charge on any atom is -0.481 e. The van der Waals surface area contributed by atoms with E-state index in [1.165, 1.54) is 24.8 Å². The molecule has 0 saturated heterocycles. The molecule has 3 fully saturated rings. The van der Waals surface area contributed by atoms with Crippen molar-refractivity contribution in [1.82, 2.24) is 5.32 Å². The fourth-order valence-corrected chi connectivity index (χ4v) is 8.32. The Morgan fingerprint density at radius 1 is 1.08 bits per heavy atom. The summed E-state index contributed by atoms with van der Waals surface area (Å²) in [6.07, 6.45) is 10.6. The molecular formula is C31H42N2O5. The Morgan fingerprint density at radius 2 is 1.87 bits per heavy atom. The van der Waals surface area contributed by atoms with Crippen LogP contribution in [0.4, 0.5) is 0 Å². The van der Waals surface area contributed by atoms with Gasteiger partial charge in [-0.25, -0.2) is 0 Å². The minimum absolute atomic E-state index is 0.0534. The van der Waals surface area contributed by atoms with Crippen molar-refractivity contribution in [2.45, 2.75) is 83.7 Å². The lowest BCUT2D eigenvalue weighted by molar-refractivity contribution is -0.137. The van der Waals surface area contributed by atoms with Gasteiger partial charge in [0.25, 0.3) is 5.91 Å². The van der Waals surface area contributed by atoms with Gasteiger partial charge < -0.3 is 20.4 Å². The number of benzene rings is 1. The first-order valence-electron chi connectivity index (χ1n) is 14.3. The minimum atomic E-state index is -0.898. The highest BCUT2D eigenvalue weighted by atomic mass is 16.6. The summed E-state index contributed by atoms with van der Waals surface area (Å²) in [7, 11) is 0. The van der Waals surface area contributed by atoms with E-state index in [1.54, 1.807) is 0 Å². The molecule has 7 heteroatoms.